The summed E-state index contributed by atoms with van der Waals surface area (Å²) in [6.07, 6.45) is 0. The summed E-state index contributed by atoms with van der Waals surface area (Å²) < 4.78 is 0. The van der Waals surface area contributed by atoms with E-state index < -0.39 is 5.97 Å². The topological polar surface area (TPSA) is 66.0 Å². The molecule has 0 saturated carbocycles. The molecule has 2 N–H and O–H groups in total. The van der Waals surface area contributed by atoms with Crippen LogP contribution >= 0.6 is 34.7 Å². The van der Waals surface area contributed by atoms with Gasteiger partial charge >= 0.3 is 5.97 Å². The molecule has 0 bridgehead atoms. The number of hydrogen-bond acceptors (Lipinski definition) is 4. The number of H-pyrrole nitrogens is 1. The first kappa shape index (κ1) is 13.5. The number of hydrogen-bond donors (Lipinski definition) is 2. The average molecular weight is 325 g/mol. The van der Waals surface area contributed by atoms with Gasteiger partial charge in [0.15, 0.2) is 5.16 Å². The molecule has 0 unspecified atom stereocenters. The van der Waals surface area contributed by atoms with Crippen LogP contribution in [0.25, 0.3) is 21.5 Å². The molecule has 0 aliphatic heterocycles. The van der Waals surface area contributed by atoms with Gasteiger partial charge in [0.1, 0.15) is 0 Å². The number of thioether (sulfide) groups is 1. The van der Waals surface area contributed by atoms with Crippen LogP contribution in [0.5, 0.6) is 0 Å². The van der Waals surface area contributed by atoms with Crippen molar-refractivity contribution in [2.75, 3.05) is 5.75 Å². The van der Waals surface area contributed by atoms with Crippen molar-refractivity contribution < 1.29 is 9.90 Å². The zero-order valence-electron chi connectivity index (χ0n) is 10.1. The normalized spacial score (nSPS) is 11.1. The molecular weight excluding hydrogens is 316 g/mol. The Labute approximate surface area is 127 Å². The minimum atomic E-state index is -0.868. The molecule has 102 valence electrons. The number of aromatic nitrogens is 2. The molecule has 0 fully saturated rings. The zero-order valence-corrected chi connectivity index (χ0v) is 12.5. The Bertz CT molecular complexity index is 768. The minimum absolute atomic E-state index is 0.0225. The van der Waals surface area contributed by atoms with Crippen LogP contribution < -0.4 is 0 Å². The first-order chi connectivity index (χ1) is 9.63. The summed E-state index contributed by atoms with van der Waals surface area (Å²) in [6.45, 7) is 0. The highest BCUT2D eigenvalue weighted by Gasteiger charge is 2.11. The molecule has 1 aromatic carbocycles. The van der Waals surface area contributed by atoms with Crippen molar-refractivity contribution in [2.24, 2.45) is 0 Å². The molecule has 0 aliphatic rings. The van der Waals surface area contributed by atoms with Gasteiger partial charge in [-0.1, -0.05) is 29.4 Å². The molecule has 20 heavy (non-hydrogen) atoms. The van der Waals surface area contributed by atoms with E-state index in [1.54, 1.807) is 11.3 Å². The van der Waals surface area contributed by atoms with Gasteiger partial charge in [0.2, 0.25) is 0 Å². The van der Waals surface area contributed by atoms with E-state index in [2.05, 4.69) is 9.97 Å². The number of nitrogens with zero attached hydrogens (tertiary/aromatic N) is 1. The molecule has 3 aromatic rings. The van der Waals surface area contributed by atoms with Crippen LogP contribution in [0.4, 0.5) is 0 Å². The van der Waals surface area contributed by atoms with Crippen molar-refractivity contribution in [3.8, 4) is 10.4 Å². The fourth-order valence-corrected chi connectivity index (χ4v) is 3.51. The molecule has 0 atom stereocenters. The van der Waals surface area contributed by atoms with Crippen LogP contribution in [0, 0.1) is 0 Å². The van der Waals surface area contributed by atoms with Crippen molar-refractivity contribution in [1.29, 1.82) is 0 Å². The molecule has 0 spiro atoms. The number of carbonyl (C=O) groups is 1. The van der Waals surface area contributed by atoms with Gasteiger partial charge in [-0.2, -0.15) is 0 Å². The fraction of sp³-hybridized carbons (Fsp3) is 0.0769. The quantitative estimate of drug-likeness (QED) is 0.708. The Morgan fingerprint density at radius 1 is 1.50 bits per heavy atom. The first-order valence-electron chi connectivity index (χ1n) is 5.71. The third kappa shape index (κ3) is 2.67. The number of rotatable bonds is 4. The number of halogens is 1. The number of carboxylic acid groups (broad SMARTS) is 1. The maximum atomic E-state index is 10.6. The Morgan fingerprint density at radius 3 is 3.05 bits per heavy atom. The second kappa shape index (κ2) is 5.47. The monoisotopic (exact) mass is 324 g/mol. The Balaban J connectivity index is 2.00. The van der Waals surface area contributed by atoms with Crippen molar-refractivity contribution in [3.63, 3.8) is 0 Å². The van der Waals surface area contributed by atoms with Crippen LogP contribution in [0.15, 0.2) is 34.8 Å². The van der Waals surface area contributed by atoms with E-state index in [0.717, 1.165) is 33.2 Å². The summed E-state index contributed by atoms with van der Waals surface area (Å²) in [5.41, 5.74) is 2.53. The fourth-order valence-electron chi connectivity index (χ4n) is 1.83. The third-order valence-electron chi connectivity index (χ3n) is 2.67. The van der Waals surface area contributed by atoms with E-state index in [4.69, 9.17) is 16.7 Å². The summed E-state index contributed by atoms with van der Waals surface area (Å²) in [5.74, 6) is -0.890. The van der Waals surface area contributed by atoms with E-state index in [-0.39, 0.29) is 5.75 Å². The standard InChI is InChI=1S/C13H9ClN2O2S2/c14-8-5-10-9(4-7(8)11-2-1-3-19-11)15-13(16-10)20-6-12(17)18/h1-5H,6H2,(H,15,16)(H,17,18). The summed E-state index contributed by atoms with van der Waals surface area (Å²) in [5, 5.41) is 11.9. The Morgan fingerprint density at radius 2 is 2.35 bits per heavy atom. The second-order valence-corrected chi connectivity index (χ2v) is 6.37. The lowest BCUT2D eigenvalue weighted by Crippen LogP contribution is -1.97. The highest BCUT2D eigenvalue weighted by Crippen LogP contribution is 2.34. The second-order valence-electron chi connectivity index (χ2n) is 4.05. The molecule has 4 nitrogen and oxygen atoms in total. The Kier molecular flexibility index (Phi) is 3.69. The molecule has 3 rings (SSSR count). The number of aliphatic carboxylic acids is 1. The lowest BCUT2D eigenvalue weighted by atomic mass is 10.1. The van der Waals surface area contributed by atoms with Gasteiger partial charge < -0.3 is 10.1 Å². The van der Waals surface area contributed by atoms with Crippen molar-refractivity contribution >= 4 is 51.7 Å². The van der Waals surface area contributed by atoms with Gasteiger partial charge in [-0.3, -0.25) is 4.79 Å². The zero-order chi connectivity index (χ0) is 14.1. The maximum absolute atomic E-state index is 10.6. The predicted octanol–water partition coefficient (Wildman–Crippen LogP) is 4.12. The lowest BCUT2D eigenvalue weighted by molar-refractivity contribution is -0.133. The van der Waals surface area contributed by atoms with Crippen LogP contribution in [-0.2, 0) is 4.79 Å². The van der Waals surface area contributed by atoms with E-state index in [1.807, 2.05) is 29.6 Å². The summed E-state index contributed by atoms with van der Waals surface area (Å²) in [4.78, 5) is 19.1. The van der Waals surface area contributed by atoms with Crippen LogP contribution in [0.2, 0.25) is 5.02 Å². The number of thiophene rings is 1. The summed E-state index contributed by atoms with van der Waals surface area (Å²) >= 11 is 9.06. The minimum Gasteiger partial charge on any atom is -0.481 e. The predicted molar refractivity (Wildman–Crippen MR) is 82.8 cm³/mol. The first-order valence-corrected chi connectivity index (χ1v) is 7.95. The van der Waals surface area contributed by atoms with Crippen molar-refractivity contribution in [3.05, 3.63) is 34.7 Å². The summed E-state index contributed by atoms with van der Waals surface area (Å²) in [7, 11) is 0. The molecule has 0 amide bonds. The Hall–Kier alpha value is -1.50. The SMILES string of the molecule is O=C(O)CSc1nc2cc(-c3cccs3)c(Cl)cc2[nH]1. The van der Waals surface area contributed by atoms with Crippen LogP contribution in [-0.4, -0.2) is 26.8 Å². The van der Waals surface area contributed by atoms with Crippen LogP contribution in [0.1, 0.15) is 0 Å². The molecule has 0 radical (unpaired) electrons. The largest absolute Gasteiger partial charge is 0.481 e. The third-order valence-corrected chi connectivity index (χ3v) is 4.74. The lowest BCUT2D eigenvalue weighted by Gasteiger charge is -2.00. The molecule has 0 aliphatic carbocycles. The van der Waals surface area contributed by atoms with Crippen molar-refractivity contribution in [2.45, 2.75) is 5.16 Å². The van der Waals surface area contributed by atoms with Crippen molar-refractivity contribution in [1.82, 2.24) is 9.97 Å². The smallest absolute Gasteiger partial charge is 0.313 e. The molecule has 2 aromatic heterocycles. The van der Waals surface area contributed by atoms with E-state index >= 15 is 0 Å². The number of aromatic amines is 1. The number of imidazole rings is 1. The van der Waals surface area contributed by atoms with E-state index in [0.29, 0.717) is 10.2 Å². The summed E-state index contributed by atoms with van der Waals surface area (Å²) in [6, 6.07) is 7.72. The number of fused-ring (bicyclic) bond motifs is 1. The van der Waals surface area contributed by atoms with Crippen LogP contribution in [0.3, 0.4) is 0 Å². The van der Waals surface area contributed by atoms with Gasteiger partial charge in [-0.15, -0.1) is 11.3 Å². The highest BCUT2D eigenvalue weighted by molar-refractivity contribution is 7.99. The highest BCUT2D eigenvalue weighted by atomic mass is 35.5. The maximum Gasteiger partial charge on any atom is 0.313 e. The van der Waals surface area contributed by atoms with Gasteiger partial charge in [-0.05, 0) is 23.6 Å². The number of carboxylic acids is 1. The van der Waals surface area contributed by atoms with Gasteiger partial charge in [0.25, 0.3) is 0 Å². The van der Waals surface area contributed by atoms with E-state index in [9.17, 15) is 4.79 Å². The van der Waals surface area contributed by atoms with Gasteiger partial charge in [0, 0.05) is 10.4 Å². The number of nitrogens with one attached hydrogen (secondary N) is 1. The molecule has 0 saturated heterocycles. The molecule has 7 heteroatoms. The van der Waals surface area contributed by atoms with E-state index in [1.165, 1.54) is 0 Å². The van der Waals surface area contributed by atoms with Gasteiger partial charge in [0.05, 0.1) is 21.8 Å². The average Bonchev–Trinajstić information content (AvgIpc) is 3.03. The van der Waals surface area contributed by atoms with Gasteiger partial charge in [-0.25, -0.2) is 4.98 Å². The number of benzene rings is 1. The molecular formula is C13H9ClN2O2S2. The molecule has 2 heterocycles.